The maximum absolute atomic E-state index is 13.7. The Hall–Kier alpha value is -4.11. The van der Waals surface area contributed by atoms with Gasteiger partial charge in [-0.3, -0.25) is 4.98 Å². The van der Waals surface area contributed by atoms with Crippen LogP contribution in [0.15, 0.2) is 72.9 Å². The average molecular weight is 514 g/mol. The Morgan fingerprint density at radius 2 is 1.75 bits per heavy atom. The number of nitrogens with zero attached hydrogens (tertiary/aromatic N) is 1. The van der Waals surface area contributed by atoms with E-state index in [4.69, 9.17) is 16.3 Å². The minimum atomic E-state index is -4.64. The van der Waals surface area contributed by atoms with Crippen molar-refractivity contribution in [1.82, 2.24) is 4.98 Å². The van der Waals surface area contributed by atoms with Gasteiger partial charge in [0.15, 0.2) is 0 Å². The topological polar surface area (TPSA) is 80.3 Å². The highest BCUT2D eigenvalue weighted by molar-refractivity contribution is 6.33. The van der Waals surface area contributed by atoms with Gasteiger partial charge in [-0.2, -0.15) is 13.2 Å². The highest BCUT2D eigenvalue weighted by Crippen LogP contribution is 2.39. The van der Waals surface area contributed by atoms with Crippen LogP contribution in [0, 0.1) is 0 Å². The smallest absolute Gasteiger partial charge is 0.418 e. The molecule has 184 valence electrons. The molecule has 10 heteroatoms. The molecule has 0 spiro atoms. The zero-order chi connectivity index (χ0) is 25.9. The summed E-state index contributed by atoms with van der Waals surface area (Å²) < 4.78 is 46.1. The van der Waals surface area contributed by atoms with Crippen LogP contribution in [0.5, 0.6) is 0 Å². The molecule has 0 aliphatic carbocycles. The zero-order valence-corrected chi connectivity index (χ0v) is 19.6. The first-order valence-electron chi connectivity index (χ1n) is 10.8. The Morgan fingerprint density at radius 1 is 1.00 bits per heavy atom. The summed E-state index contributed by atoms with van der Waals surface area (Å²) in [5.41, 5.74) is 0.107. The molecule has 0 atom stereocenters. The number of pyridine rings is 1. The zero-order valence-electron chi connectivity index (χ0n) is 18.8. The maximum atomic E-state index is 13.7. The van der Waals surface area contributed by atoms with Crippen LogP contribution in [0.1, 0.15) is 22.8 Å². The summed E-state index contributed by atoms with van der Waals surface area (Å²) >= 11 is 6.08. The number of rotatable bonds is 5. The number of urea groups is 1. The van der Waals surface area contributed by atoms with Crippen LogP contribution >= 0.6 is 11.6 Å². The highest BCUT2D eigenvalue weighted by atomic mass is 35.5. The van der Waals surface area contributed by atoms with Crippen molar-refractivity contribution in [2.24, 2.45) is 0 Å². The molecule has 4 aromatic rings. The average Bonchev–Trinajstić information content (AvgIpc) is 2.84. The lowest BCUT2D eigenvalue weighted by molar-refractivity contribution is -0.136. The Bertz CT molecular complexity index is 1460. The number of fused-ring (bicyclic) bond motifs is 1. The van der Waals surface area contributed by atoms with Crippen molar-refractivity contribution >= 4 is 45.9 Å². The van der Waals surface area contributed by atoms with Crippen molar-refractivity contribution in [2.75, 3.05) is 17.2 Å². The standard InChI is InChI=1S/C26H19ClF3N3O3/c1-2-36-24(34)18-14-31-23-17(9-6-10-19(23)26(28,29)30)22(18)15-7-5-8-16(13-15)32-25(35)33-21-12-4-3-11-20(21)27/h3-14H,2H2,1H3,(H2,32,33,35). The molecule has 0 saturated heterocycles. The first-order valence-corrected chi connectivity index (χ1v) is 11.2. The molecule has 1 heterocycles. The number of ether oxygens (including phenoxy) is 1. The molecule has 2 N–H and O–H groups in total. The van der Waals surface area contributed by atoms with Crippen LogP contribution < -0.4 is 10.6 Å². The van der Waals surface area contributed by atoms with Crippen LogP contribution in [0.3, 0.4) is 0 Å². The van der Waals surface area contributed by atoms with Crippen molar-refractivity contribution in [3.05, 3.63) is 89.1 Å². The second-order valence-electron chi connectivity index (χ2n) is 7.61. The van der Waals surface area contributed by atoms with Gasteiger partial charge < -0.3 is 15.4 Å². The predicted octanol–water partition coefficient (Wildman–Crippen LogP) is 7.39. The van der Waals surface area contributed by atoms with Crippen LogP contribution in [0.2, 0.25) is 5.02 Å². The summed E-state index contributed by atoms with van der Waals surface area (Å²) in [6.07, 6.45) is -3.56. The molecule has 2 amide bonds. The SMILES string of the molecule is CCOC(=O)c1cnc2c(C(F)(F)F)cccc2c1-c1cccc(NC(=O)Nc2ccccc2Cl)c1. The number of esters is 1. The third kappa shape index (κ3) is 5.26. The van der Waals surface area contributed by atoms with Crippen LogP contribution in [-0.2, 0) is 10.9 Å². The molecule has 3 aromatic carbocycles. The summed E-state index contributed by atoms with van der Waals surface area (Å²) in [5.74, 6) is -0.728. The molecule has 0 aliphatic rings. The predicted molar refractivity (Wildman–Crippen MR) is 132 cm³/mol. The van der Waals surface area contributed by atoms with Gasteiger partial charge in [0, 0.05) is 22.8 Å². The Balaban J connectivity index is 1.79. The van der Waals surface area contributed by atoms with E-state index in [9.17, 15) is 22.8 Å². The molecule has 1 aromatic heterocycles. The highest BCUT2D eigenvalue weighted by Gasteiger charge is 2.34. The molecule has 0 unspecified atom stereocenters. The molecular formula is C26H19ClF3N3O3. The lowest BCUT2D eigenvalue weighted by Crippen LogP contribution is -2.19. The summed E-state index contributed by atoms with van der Waals surface area (Å²) in [5, 5.41) is 5.76. The molecule has 0 aliphatic heterocycles. The quantitative estimate of drug-likeness (QED) is 0.272. The fraction of sp³-hybridized carbons (Fsp3) is 0.115. The molecule has 0 fully saturated rings. The van der Waals surface area contributed by atoms with Crippen molar-refractivity contribution in [1.29, 1.82) is 0 Å². The first-order chi connectivity index (χ1) is 17.2. The number of alkyl halides is 3. The number of amides is 2. The van der Waals surface area contributed by atoms with Gasteiger partial charge in [0.25, 0.3) is 0 Å². The molecule has 36 heavy (non-hydrogen) atoms. The number of aromatic nitrogens is 1. The number of hydrogen-bond donors (Lipinski definition) is 2. The summed E-state index contributed by atoms with van der Waals surface area (Å²) in [6, 6.07) is 16.1. The minimum absolute atomic E-state index is 0.00124. The van der Waals surface area contributed by atoms with Gasteiger partial charge in [0.05, 0.1) is 34.0 Å². The van der Waals surface area contributed by atoms with E-state index in [0.29, 0.717) is 22.0 Å². The summed E-state index contributed by atoms with van der Waals surface area (Å²) in [6.45, 7) is 1.69. The Morgan fingerprint density at radius 3 is 2.47 bits per heavy atom. The van der Waals surface area contributed by atoms with E-state index >= 15 is 0 Å². The second kappa shape index (κ2) is 10.2. The molecular weight excluding hydrogens is 495 g/mol. The molecule has 0 bridgehead atoms. The van der Waals surface area contributed by atoms with E-state index in [0.717, 1.165) is 12.3 Å². The van der Waals surface area contributed by atoms with Gasteiger partial charge in [0.1, 0.15) is 0 Å². The van der Waals surface area contributed by atoms with Gasteiger partial charge in [0.2, 0.25) is 0 Å². The maximum Gasteiger partial charge on any atom is 0.418 e. The molecule has 0 radical (unpaired) electrons. The normalized spacial score (nSPS) is 11.2. The van der Waals surface area contributed by atoms with Crippen molar-refractivity contribution in [3.8, 4) is 11.1 Å². The molecule has 6 nitrogen and oxygen atoms in total. The number of hydrogen-bond acceptors (Lipinski definition) is 4. The van der Waals surface area contributed by atoms with Gasteiger partial charge in [-0.15, -0.1) is 0 Å². The van der Waals surface area contributed by atoms with Gasteiger partial charge in [-0.05, 0) is 42.8 Å². The van der Waals surface area contributed by atoms with Crippen molar-refractivity contribution < 1.29 is 27.5 Å². The lowest BCUT2D eigenvalue weighted by atomic mass is 9.94. The lowest BCUT2D eigenvalue weighted by Gasteiger charge is -2.16. The third-order valence-electron chi connectivity index (χ3n) is 5.23. The van der Waals surface area contributed by atoms with E-state index in [1.807, 2.05) is 0 Å². The fourth-order valence-corrected chi connectivity index (χ4v) is 3.91. The summed E-state index contributed by atoms with van der Waals surface area (Å²) in [7, 11) is 0. The first kappa shape index (κ1) is 25.0. The van der Waals surface area contributed by atoms with Gasteiger partial charge >= 0.3 is 18.2 Å². The van der Waals surface area contributed by atoms with Gasteiger partial charge in [-0.25, -0.2) is 9.59 Å². The van der Waals surface area contributed by atoms with Crippen LogP contribution in [-0.4, -0.2) is 23.6 Å². The third-order valence-corrected chi connectivity index (χ3v) is 5.56. The number of halogens is 4. The van der Waals surface area contributed by atoms with Crippen LogP contribution in [0.25, 0.3) is 22.0 Å². The largest absolute Gasteiger partial charge is 0.462 e. The Labute approximate surface area is 209 Å². The van der Waals surface area contributed by atoms with Crippen molar-refractivity contribution in [2.45, 2.75) is 13.1 Å². The van der Waals surface area contributed by atoms with E-state index in [1.54, 1.807) is 55.5 Å². The van der Waals surface area contributed by atoms with E-state index in [2.05, 4.69) is 15.6 Å². The van der Waals surface area contributed by atoms with Crippen molar-refractivity contribution in [3.63, 3.8) is 0 Å². The number of carbonyl (C=O) groups is 2. The number of anilines is 2. The minimum Gasteiger partial charge on any atom is -0.462 e. The molecule has 4 rings (SSSR count). The van der Waals surface area contributed by atoms with E-state index in [-0.39, 0.29) is 28.6 Å². The van der Waals surface area contributed by atoms with Gasteiger partial charge in [-0.1, -0.05) is 48.0 Å². The molecule has 0 saturated carbocycles. The monoisotopic (exact) mass is 513 g/mol. The fourth-order valence-electron chi connectivity index (χ4n) is 3.73. The summed E-state index contributed by atoms with van der Waals surface area (Å²) in [4.78, 5) is 29.2. The second-order valence-corrected chi connectivity index (χ2v) is 8.01. The number of nitrogens with one attached hydrogen (secondary N) is 2. The van der Waals surface area contributed by atoms with E-state index < -0.39 is 23.7 Å². The number of benzene rings is 3. The number of para-hydroxylation sites is 2. The van der Waals surface area contributed by atoms with E-state index in [1.165, 1.54) is 12.1 Å². The van der Waals surface area contributed by atoms with Crippen LogP contribution in [0.4, 0.5) is 29.3 Å². The Kier molecular flexibility index (Phi) is 7.12. The number of carbonyl (C=O) groups excluding carboxylic acids is 2.